The monoisotopic (exact) mass is 259 g/mol. The topological polar surface area (TPSA) is 89.8 Å². The van der Waals surface area contributed by atoms with Crippen LogP contribution in [0.5, 0.6) is 0 Å². The van der Waals surface area contributed by atoms with E-state index in [1.165, 1.54) is 0 Å². The molecule has 0 amide bonds. The van der Waals surface area contributed by atoms with Crippen LogP contribution in [0.3, 0.4) is 0 Å². The van der Waals surface area contributed by atoms with E-state index in [1.54, 1.807) is 4.68 Å². The summed E-state index contributed by atoms with van der Waals surface area (Å²) in [5.74, 6) is 1.45. The number of hydrogen-bond acceptors (Lipinski definition) is 6. The first kappa shape index (κ1) is 12.4. The predicted molar refractivity (Wildman–Crippen MR) is 62.0 cm³/mol. The number of sulfone groups is 1. The van der Waals surface area contributed by atoms with E-state index in [0.29, 0.717) is 25.3 Å². The van der Waals surface area contributed by atoms with E-state index in [2.05, 4.69) is 20.8 Å². The van der Waals surface area contributed by atoms with Gasteiger partial charge < -0.3 is 5.32 Å². The molecule has 17 heavy (non-hydrogen) atoms. The quantitative estimate of drug-likeness (QED) is 0.746. The summed E-state index contributed by atoms with van der Waals surface area (Å²) >= 11 is 0. The minimum atomic E-state index is -2.83. The van der Waals surface area contributed by atoms with Crippen molar-refractivity contribution in [3.63, 3.8) is 0 Å². The molecule has 96 valence electrons. The van der Waals surface area contributed by atoms with Crippen molar-refractivity contribution in [3.8, 4) is 0 Å². The Kier molecular flexibility index (Phi) is 3.72. The van der Waals surface area contributed by atoms with Crippen LogP contribution in [-0.2, 0) is 22.9 Å². The van der Waals surface area contributed by atoms with Gasteiger partial charge in [0, 0.05) is 6.54 Å². The van der Waals surface area contributed by atoms with E-state index in [0.717, 1.165) is 12.4 Å². The molecule has 1 N–H and O–H groups in total. The van der Waals surface area contributed by atoms with E-state index >= 15 is 0 Å². The fourth-order valence-electron chi connectivity index (χ4n) is 1.99. The number of nitrogens with one attached hydrogen (secondary N) is 1. The highest BCUT2D eigenvalue weighted by Gasteiger charge is 2.28. The van der Waals surface area contributed by atoms with Crippen molar-refractivity contribution in [1.29, 1.82) is 0 Å². The van der Waals surface area contributed by atoms with Crippen LogP contribution in [0.1, 0.15) is 19.2 Å². The zero-order valence-electron chi connectivity index (χ0n) is 9.83. The van der Waals surface area contributed by atoms with Gasteiger partial charge in [-0.15, -0.1) is 5.10 Å². The number of tetrazole rings is 1. The molecule has 1 fully saturated rings. The van der Waals surface area contributed by atoms with Gasteiger partial charge in [-0.3, -0.25) is 0 Å². The normalized spacial score (nSPS) is 23.0. The zero-order chi connectivity index (χ0) is 12.3. The molecule has 1 aromatic heterocycles. The van der Waals surface area contributed by atoms with Crippen LogP contribution >= 0.6 is 0 Å². The lowest BCUT2D eigenvalue weighted by atomic mass is 10.1. The number of nitrogens with zero attached hydrogens (tertiary/aromatic N) is 4. The van der Waals surface area contributed by atoms with Crippen LogP contribution in [0, 0.1) is 5.92 Å². The Labute approximate surface area is 101 Å². The molecule has 1 aliphatic heterocycles. The molecular weight excluding hydrogens is 242 g/mol. The summed E-state index contributed by atoms with van der Waals surface area (Å²) in [7, 11) is -2.83. The average Bonchev–Trinajstić information content (AvgIpc) is 2.83. The molecule has 0 aliphatic carbocycles. The van der Waals surface area contributed by atoms with E-state index in [1.807, 2.05) is 6.92 Å². The van der Waals surface area contributed by atoms with E-state index in [4.69, 9.17) is 0 Å². The first-order valence-corrected chi connectivity index (χ1v) is 7.59. The fraction of sp³-hybridized carbons (Fsp3) is 0.889. The molecule has 0 saturated carbocycles. The molecule has 1 unspecified atom stereocenters. The second-order valence-corrected chi connectivity index (χ2v) is 6.56. The molecule has 1 atom stereocenters. The number of hydrogen-bond donors (Lipinski definition) is 1. The Morgan fingerprint density at radius 2 is 2.35 bits per heavy atom. The van der Waals surface area contributed by atoms with Crippen LogP contribution in [0.25, 0.3) is 0 Å². The van der Waals surface area contributed by atoms with Gasteiger partial charge in [0.15, 0.2) is 15.7 Å². The van der Waals surface area contributed by atoms with E-state index in [-0.39, 0.29) is 11.7 Å². The molecule has 2 heterocycles. The third-order valence-electron chi connectivity index (χ3n) is 2.90. The molecule has 1 saturated heterocycles. The summed E-state index contributed by atoms with van der Waals surface area (Å²) in [6, 6.07) is 0. The first-order valence-electron chi connectivity index (χ1n) is 5.77. The molecule has 0 bridgehead atoms. The van der Waals surface area contributed by atoms with Gasteiger partial charge in [-0.05, 0) is 29.3 Å². The van der Waals surface area contributed by atoms with E-state index < -0.39 is 9.84 Å². The van der Waals surface area contributed by atoms with Crippen molar-refractivity contribution in [1.82, 2.24) is 25.5 Å². The summed E-state index contributed by atoms with van der Waals surface area (Å²) in [6.07, 6.45) is 0.711. The molecule has 0 radical (unpaired) electrons. The van der Waals surface area contributed by atoms with Crippen molar-refractivity contribution in [2.75, 3.05) is 18.1 Å². The Bertz CT molecular complexity index is 469. The van der Waals surface area contributed by atoms with Gasteiger partial charge >= 0.3 is 0 Å². The van der Waals surface area contributed by atoms with Gasteiger partial charge in [0.1, 0.15) is 0 Å². The van der Waals surface area contributed by atoms with Crippen molar-refractivity contribution < 1.29 is 8.42 Å². The summed E-state index contributed by atoms with van der Waals surface area (Å²) < 4.78 is 24.4. The molecule has 8 heteroatoms. The SMILES string of the molecule is CCNCc1nnnn1CC1CCS(=O)(=O)C1. The lowest BCUT2D eigenvalue weighted by Gasteiger charge is -2.09. The summed E-state index contributed by atoms with van der Waals surface area (Å²) in [5.41, 5.74) is 0. The van der Waals surface area contributed by atoms with Crippen molar-refractivity contribution >= 4 is 9.84 Å². The summed E-state index contributed by atoms with van der Waals surface area (Å²) in [4.78, 5) is 0. The Balaban J connectivity index is 1.97. The Hall–Kier alpha value is -1.02. The van der Waals surface area contributed by atoms with Gasteiger partial charge in [-0.1, -0.05) is 6.92 Å². The maximum Gasteiger partial charge on any atom is 0.165 e. The van der Waals surface area contributed by atoms with Gasteiger partial charge in [0.2, 0.25) is 0 Å². The van der Waals surface area contributed by atoms with Crippen LogP contribution in [0.15, 0.2) is 0 Å². The molecule has 7 nitrogen and oxygen atoms in total. The van der Waals surface area contributed by atoms with E-state index in [9.17, 15) is 8.42 Å². The van der Waals surface area contributed by atoms with Crippen molar-refractivity contribution in [3.05, 3.63) is 5.82 Å². The highest BCUT2D eigenvalue weighted by atomic mass is 32.2. The van der Waals surface area contributed by atoms with Crippen molar-refractivity contribution in [2.24, 2.45) is 5.92 Å². The van der Waals surface area contributed by atoms with Crippen LogP contribution in [0.2, 0.25) is 0 Å². The lowest BCUT2D eigenvalue weighted by Crippen LogP contribution is -2.20. The first-order chi connectivity index (χ1) is 8.11. The highest BCUT2D eigenvalue weighted by molar-refractivity contribution is 7.91. The zero-order valence-corrected chi connectivity index (χ0v) is 10.7. The summed E-state index contributed by atoms with van der Waals surface area (Å²) in [5, 5.41) is 14.6. The van der Waals surface area contributed by atoms with Crippen LogP contribution in [0.4, 0.5) is 0 Å². The number of aromatic nitrogens is 4. The minimum absolute atomic E-state index is 0.142. The molecule has 1 aliphatic rings. The third kappa shape index (κ3) is 3.22. The number of rotatable bonds is 5. The maximum absolute atomic E-state index is 11.4. The molecule has 1 aromatic rings. The average molecular weight is 259 g/mol. The lowest BCUT2D eigenvalue weighted by molar-refractivity contribution is 0.432. The molecular formula is C9H17N5O2S. The third-order valence-corrected chi connectivity index (χ3v) is 4.73. The maximum atomic E-state index is 11.4. The second kappa shape index (κ2) is 5.09. The fourth-order valence-corrected chi connectivity index (χ4v) is 3.84. The molecule has 0 aromatic carbocycles. The minimum Gasteiger partial charge on any atom is -0.310 e. The van der Waals surface area contributed by atoms with Gasteiger partial charge in [0.25, 0.3) is 0 Å². The summed E-state index contributed by atoms with van der Waals surface area (Å²) in [6.45, 7) is 4.07. The smallest absolute Gasteiger partial charge is 0.165 e. The predicted octanol–water partition coefficient (Wildman–Crippen LogP) is -0.783. The Morgan fingerprint density at radius 1 is 1.53 bits per heavy atom. The second-order valence-electron chi connectivity index (χ2n) is 4.33. The van der Waals surface area contributed by atoms with Gasteiger partial charge in [-0.2, -0.15) is 0 Å². The molecule has 2 rings (SSSR count). The largest absolute Gasteiger partial charge is 0.310 e. The van der Waals surface area contributed by atoms with Gasteiger partial charge in [0.05, 0.1) is 18.1 Å². The van der Waals surface area contributed by atoms with Crippen molar-refractivity contribution in [2.45, 2.75) is 26.4 Å². The standard InChI is InChI=1S/C9H17N5O2S/c1-2-10-5-9-11-12-13-14(9)6-8-3-4-17(15,16)7-8/h8,10H,2-7H2,1H3. The Morgan fingerprint density at radius 3 is 3.00 bits per heavy atom. The molecule has 0 spiro atoms. The van der Waals surface area contributed by atoms with Gasteiger partial charge in [-0.25, -0.2) is 13.1 Å². The highest BCUT2D eigenvalue weighted by Crippen LogP contribution is 2.19. The van der Waals surface area contributed by atoms with Crippen LogP contribution in [-0.4, -0.2) is 46.7 Å². The van der Waals surface area contributed by atoms with Crippen LogP contribution < -0.4 is 5.32 Å².